The van der Waals surface area contributed by atoms with Crippen LogP contribution in [0.2, 0.25) is 0 Å². The zero-order valence-corrected chi connectivity index (χ0v) is 11.1. The summed E-state index contributed by atoms with van der Waals surface area (Å²) in [6, 6.07) is 1.57. The van der Waals surface area contributed by atoms with Crippen LogP contribution in [0.3, 0.4) is 0 Å². The summed E-state index contributed by atoms with van der Waals surface area (Å²) < 4.78 is 27.9. The second kappa shape index (κ2) is 4.60. The van der Waals surface area contributed by atoms with Crippen LogP contribution in [0.15, 0.2) is 6.07 Å². The maximum absolute atomic E-state index is 11.5. The topological polar surface area (TPSA) is 98.4 Å². The van der Waals surface area contributed by atoms with Crippen LogP contribution in [0.5, 0.6) is 5.88 Å². The van der Waals surface area contributed by atoms with Crippen molar-refractivity contribution in [1.82, 2.24) is 9.97 Å². The summed E-state index contributed by atoms with van der Waals surface area (Å²) in [6.45, 7) is 0. The molecule has 7 nitrogen and oxygen atoms in total. The van der Waals surface area contributed by atoms with Crippen molar-refractivity contribution in [3.8, 4) is 5.88 Å². The van der Waals surface area contributed by atoms with E-state index in [-0.39, 0.29) is 23.5 Å². The molecule has 100 valence electrons. The zero-order valence-electron chi connectivity index (χ0n) is 10.3. The molecule has 1 aromatic rings. The van der Waals surface area contributed by atoms with Gasteiger partial charge in [-0.05, 0) is 6.42 Å². The van der Waals surface area contributed by atoms with Crippen LogP contribution in [0.25, 0.3) is 0 Å². The molecule has 1 saturated heterocycles. The summed E-state index contributed by atoms with van der Waals surface area (Å²) in [5, 5.41) is 0. The van der Waals surface area contributed by atoms with Gasteiger partial charge in [-0.3, -0.25) is 0 Å². The molecule has 0 spiro atoms. The Morgan fingerprint density at radius 3 is 2.78 bits per heavy atom. The molecular formula is C10H16N4O3S. The Balaban J connectivity index is 2.23. The van der Waals surface area contributed by atoms with E-state index in [1.807, 2.05) is 4.90 Å². The highest BCUT2D eigenvalue weighted by Gasteiger charge is 2.31. The van der Waals surface area contributed by atoms with Gasteiger partial charge in [0.1, 0.15) is 5.82 Å². The van der Waals surface area contributed by atoms with E-state index in [2.05, 4.69) is 9.97 Å². The fourth-order valence-electron chi connectivity index (χ4n) is 1.98. The number of nitrogens with two attached hydrogens (primary N) is 1. The number of hydrogen-bond acceptors (Lipinski definition) is 7. The first-order valence-electron chi connectivity index (χ1n) is 5.53. The molecule has 0 aromatic carbocycles. The van der Waals surface area contributed by atoms with E-state index in [0.717, 1.165) is 0 Å². The van der Waals surface area contributed by atoms with Gasteiger partial charge in [0.15, 0.2) is 9.84 Å². The van der Waals surface area contributed by atoms with Gasteiger partial charge in [0, 0.05) is 19.2 Å². The van der Waals surface area contributed by atoms with Gasteiger partial charge >= 0.3 is 0 Å². The average molecular weight is 272 g/mol. The number of anilines is 2. The second-order valence-electron chi connectivity index (χ2n) is 4.29. The van der Waals surface area contributed by atoms with Gasteiger partial charge in [-0.25, -0.2) is 8.42 Å². The van der Waals surface area contributed by atoms with Crippen molar-refractivity contribution in [1.29, 1.82) is 0 Å². The summed E-state index contributed by atoms with van der Waals surface area (Å²) in [5.74, 6) is 1.42. The molecule has 2 rings (SSSR count). The van der Waals surface area contributed by atoms with Crippen LogP contribution >= 0.6 is 0 Å². The Labute approximate surface area is 106 Å². The molecule has 2 N–H and O–H groups in total. The normalized spacial score (nSPS) is 21.8. The van der Waals surface area contributed by atoms with Gasteiger partial charge in [0.2, 0.25) is 11.8 Å². The third-order valence-corrected chi connectivity index (χ3v) is 4.78. The summed E-state index contributed by atoms with van der Waals surface area (Å²) in [6.07, 6.45) is 0.602. The van der Waals surface area contributed by atoms with Crippen molar-refractivity contribution in [3.63, 3.8) is 0 Å². The predicted molar refractivity (Wildman–Crippen MR) is 68.5 cm³/mol. The molecule has 1 aliphatic rings. The largest absolute Gasteiger partial charge is 0.481 e. The number of nitrogen functional groups attached to an aromatic ring is 1. The third kappa shape index (κ3) is 2.63. The average Bonchev–Trinajstić information content (AvgIpc) is 2.67. The van der Waals surface area contributed by atoms with Crippen molar-refractivity contribution in [2.75, 3.05) is 36.3 Å². The first-order valence-corrected chi connectivity index (χ1v) is 7.35. The van der Waals surface area contributed by atoms with Crippen molar-refractivity contribution in [2.24, 2.45) is 0 Å². The van der Waals surface area contributed by atoms with E-state index >= 15 is 0 Å². The molecule has 1 aromatic heterocycles. The number of ether oxygens (including phenoxy) is 1. The lowest BCUT2D eigenvalue weighted by molar-refractivity contribution is 0.397. The van der Waals surface area contributed by atoms with Gasteiger partial charge in [-0.15, -0.1) is 0 Å². The third-order valence-electron chi connectivity index (χ3n) is 3.03. The molecule has 1 atom stereocenters. The molecule has 8 heteroatoms. The molecule has 0 aliphatic carbocycles. The SMILES string of the molecule is COc1cc(N(C)C2CCS(=O)(=O)C2)nc(N)n1. The Morgan fingerprint density at radius 1 is 1.50 bits per heavy atom. The number of sulfone groups is 1. The molecule has 2 heterocycles. The van der Waals surface area contributed by atoms with E-state index in [1.165, 1.54) is 7.11 Å². The van der Waals surface area contributed by atoms with E-state index in [1.54, 1.807) is 13.1 Å². The van der Waals surface area contributed by atoms with E-state index in [4.69, 9.17) is 10.5 Å². The van der Waals surface area contributed by atoms with Crippen LogP contribution in [-0.2, 0) is 9.84 Å². The molecule has 0 radical (unpaired) electrons. The van der Waals surface area contributed by atoms with Gasteiger partial charge in [0.25, 0.3) is 0 Å². The molecule has 1 aliphatic heterocycles. The second-order valence-corrected chi connectivity index (χ2v) is 6.52. The molecule has 0 saturated carbocycles. The Hall–Kier alpha value is -1.57. The highest BCUT2D eigenvalue weighted by atomic mass is 32.2. The van der Waals surface area contributed by atoms with Gasteiger partial charge in [-0.1, -0.05) is 0 Å². The number of nitrogens with zero attached hydrogens (tertiary/aromatic N) is 3. The number of hydrogen-bond donors (Lipinski definition) is 1. The van der Waals surface area contributed by atoms with Crippen LogP contribution in [-0.4, -0.2) is 50.1 Å². The lowest BCUT2D eigenvalue weighted by Gasteiger charge is -2.24. The van der Waals surface area contributed by atoms with Crippen molar-refractivity contribution < 1.29 is 13.2 Å². The molecule has 1 fully saturated rings. The number of methoxy groups -OCH3 is 1. The van der Waals surface area contributed by atoms with E-state index < -0.39 is 9.84 Å². The van der Waals surface area contributed by atoms with Crippen LogP contribution in [0.1, 0.15) is 6.42 Å². The Bertz CT molecular complexity index is 546. The zero-order chi connectivity index (χ0) is 13.3. The fourth-order valence-corrected chi connectivity index (χ4v) is 3.76. The monoisotopic (exact) mass is 272 g/mol. The summed E-state index contributed by atoms with van der Waals surface area (Å²) in [7, 11) is 0.368. The molecular weight excluding hydrogens is 256 g/mol. The standard InChI is InChI=1S/C10H16N4O3S/c1-14(7-3-4-18(15,16)6-7)8-5-9(17-2)13-10(11)12-8/h5,7H,3-4,6H2,1-2H3,(H2,11,12,13). The highest BCUT2D eigenvalue weighted by molar-refractivity contribution is 7.91. The van der Waals surface area contributed by atoms with Crippen molar-refractivity contribution in [2.45, 2.75) is 12.5 Å². The van der Waals surface area contributed by atoms with Gasteiger partial charge in [0.05, 0.1) is 18.6 Å². The van der Waals surface area contributed by atoms with Crippen LogP contribution in [0.4, 0.5) is 11.8 Å². The lowest BCUT2D eigenvalue weighted by Crippen LogP contribution is -2.33. The molecule has 0 amide bonds. The van der Waals surface area contributed by atoms with Crippen LogP contribution in [0, 0.1) is 0 Å². The summed E-state index contributed by atoms with van der Waals surface area (Å²) >= 11 is 0. The minimum absolute atomic E-state index is 0.0750. The van der Waals surface area contributed by atoms with Gasteiger partial charge < -0.3 is 15.4 Å². The molecule has 1 unspecified atom stereocenters. The lowest BCUT2D eigenvalue weighted by atomic mass is 10.2. The quantitative estimate of drug-likeness (QED) is 0.805. The molecule has 18 heavy (non-hydrogen) atoms. The predicted octanol–water partition coefficient (Wildman–Crippen LogP) is -0.309. The Morgan fingerprint density at radius 2 is 2.22 bits per heavy atom. The summed E-state index contributed by atoms with van der Waals surface area (Å²) in [4.78, 5) is 9.79. The first kappa shape index (κ1) is 12.9. The van der Waals surface area contributed by atoms with Crippen LogP contribution < -0.4 is 15.4 Å². The van der Waals surface area contributed by atoms with E-state index in [9.17, 15) is 8.42 Å². The van der Waals surface area contributed by atoms with Crippen molar-refractivity contribution in [3.05, 3.63) is 6.07 Å². The minimum Gasteiger partial charge on any atom is -0.481 e. The maximum Gasteiger partial charge on any atom is 0.225 e. The smallest absolute Gasteiger partial charge is 0.225 e. The highest BCUT2D eigenvalue weighted by Crippen LogP contribution is 2.24. The fraction of sp³-hybridized carbons (Fsp3) is 0.600. The molecule has 0 bridgehead atoms. The maximum atomic E-state index is 11.5. The Kier molecular flexibility index (Phi) is 3.29. The van der Waals surface area contributed by atoms with Crippen molar-refractivity contribution >= 4 is 21.6 Å². The van der Waals surface area contributed by atoms with Gasteiger partial charge in [-0.2, -0.15) is 9.97 Å². The minimum atomic E-state index is -2.92. The summed E-state index contributed by atoms with van der Waals surface area (Å²) in [5.41, 5.74) is 5.58. The number of rotatable bonds is 3. The first-order chi connectivity index (χ1) is 8.41. The van der Waals surface area contributed by atoms with E-state index in [0.29, 0.717) is 18.1 Å². The number of aromatic nitrogens is 2.